The summed E-state index contributed by atoms with van der Waals surface area (Å²) in [5, 5.41) is 6.43. The van der Waals surface area contributed by atoms with Crippen LogP contribution in [0, 0.1) is 5.82 Å². The highest BCUT2D eigenvalue weighted by molar-refractivity contribution is 5.79. The number of halogens is 1. The van der Waals surface area contributed by atoms with E-state index in [-0.39, 0.29) is 5.82 Å². The molecule has 0 bridgehead atoms. The van der Waals surface area contributed by atoms with E-state index in [9.17, 15) is 4.39 Å². The predicted octanol–water partition coefficient (Wildman–Crippen LogP) is 2.81. The number of hydrogen-bond acceptors (Lipinski definition) is 5. The van der Waals surface area contributed by atoms with Crippen LogP contribution in [0.3, 0.4) is 0 Å². The lowest BCUT2D eigenvalue weighted by Gasteiger charge is -2.29. The van der Waals surface area contributed by atoms with Crippen molar-refractivity contribution in [1.29, 1.82) is 0 Å². The lowest BCUT2D eigenvalue weighted by Crippen LogP contribution is -2.39. The molecule has 3 rings (SSSR count). The standard InChI is InChI=1S/C23H31FN4O3/c1-3-25-23(26-10-13-31-20-7-5-19(29-2)6-8-20)27-17-18-4-9-22(21(24)16-18)28-11-14-30-15-12-28/h4-9,16H,3,10-15,17H2,1-2H3,(H2,25,26,27). The minimum Gasteiger partial charge on any atom is -0.497 e. The fraction of sp³-hybridized carbons (Fsp3) is 0.435. The van der Waals surface area contributed by atoms with Crippen molar-refractivity contribution in [2.24, 2.45) is 4.99 Å². The van der Waals surface area contributed by atoms with Gasteiger partial charge in [0.2, 0.25) is 0 Å². The monoisotopic (exact) mass is 430 g/mol. The topological polar surface area (TPSA) is 67.4 Å². The van der Waals surface area contributed by atoms with E-state index in [0.29, 0.717) is 57.6 Å². The average Bonchev–Trinajstić information content (AvgIpc) is 2.81. The summed E-state index contributed by atoms with van der Waals surface area (Å²) >= 11 is 0. The second kappa shape index (κ2) is 12.0. The number of hydrogen-bond donors (Lipinski definition) is 2. The normalized spacial score (nSPS) is 14.3. The molecule has 0 saturated carbocycles. The zero-order chi connectivity index (χ0) is 21.9. The van der Waals surface area contributed by atoms with Gasteiger partial charge in [0, 0.05) is 19.6 Å². The van der Waals surface area contributed by atoms with Gasteiger partial charge in [0.25, 0.3) is 0 Å². The molecule has 0 radical (unpaired) electrons. The maximum Gasteiger partial charge on any atom is 0.191 e. The van der Waals surface area contributed by atoms with Crippen molar-refractivity contribution in [1.82, 2.24) is 10.6 Å². The Morgan fingerprint density at radius 2 is 1.84 bits per heavy atom. The highest BCUT2D eigenvalue weighted by Crippen LogP contribution is 2.22. The van der Waals surface area contributed by atoms with Gasteiger partial charge in [0.15, 0.2) is 5.96 Å². The van der Waals surface area contributed by atoms with E-state index >= 15 is 0 Å². The molecule has 0 spiro atoms. The quantitative estimate of drug-likeness (QED) is 0.362. The Bertz CT molecular complexity index is 839. The number of benzene rings is 2. The van der Waals surface area contributed by atoms with E-state index in [1.165, 1.54) is 0 Å². The molecule has 0 aromatic heterocycles. The van der Waals surface area contributed by atoms with Gasteiger partial charge < -0.3 is 29.7 Å². The number of morpholine rings is 1. The van der Waals surface area contributed by atoms with E-state index in [4.69, 9.17) is 14.2 Å². The van der Waals surface area contributed by atoms with Crippen molar-refractivity contribution in [3.8, 4) is 11.5 Å². The molecule has 0 unspecified atom stereocenters. The summed E-state index contributed by atoms with van der Waals surface area (Å²) in [5.74, 6) is 2.01. The fourth-order valence-electron chi connectivity index (χ4n) is 3.23. The summed E-state index contributed by atoms with van der Waals surface area (Å²) < 4.78 is 30.8. The van der Waals surface area contributed by atoms with Gasteiger partial charge in [-0.05, 0) is 48.9 Å². The molecule has 0 amide bonds. The Kier molecular flexibility index (Phi) is 8.78. The van der Waals surface area contributed by atoms with E-state index in [1.54, 1.807) is 13.2 Å². The van der Waals surface area contributed by atoms with Crippen molar-refractivity contribution in [3.05, 3.63) is 53.8 Å². The zero-order valence-electron chi connectivity index (χ0n) is 18.2. The first-order chi connectivity index (χ1) is 15.2. The largest absolute Gasteiger partial charge is 0.497 e. The molecular formula is C23H31FN4O3. The third-order valence-electron chi connectivity index (χ3n) is 4.85. The Morgan fingerprint density at radius 1 is 1.10 bits per heavy atom. The molecular weight excluding hydrogens is 399 g/mol. The molecule has 7 nitrogen and oxygen atoms in total. The fourth-order valence-corrected chi connectivity index (χ4v) is 3.23. The van der Waals surface area contributed by atoms with E-state index in [2.05, 4.69) is 15.6 Å². The van der Waals surface area contributed by atoms with E-state index < -0.39 is 0 Å². The highest BCUT2D eigenvalue weighted by Gasteiger charge is 2.15. The van der Waals surface area contributed by atoms with Crippen LogP contribution in [0.2, 0.25) is 0 Å². The lowest BCUT2D eigenvalue weighted by atomic mass is 10.1. The van der Waals surface area contributed by atoms with Gasteiger partial charge in [0.05, 0.1) is 39.1 Å². The molecule has 2 aromatic rings. The second-order valence-corrected chi connectivity index (χ2v) is 7.03. The lowest BCUT2D eigenvalue weighted by molar-refractivity contribution is 0.122. The number of nitrogens with zero attached hydrogens (tertiary/aromatic N) is 2. The maximum absolute atomic E-state index is 14.6. The highest BCUT2D eigenvalue weighted by atomic mass is 19.1. The molecule has 1 fully saturated rings. The van der Waals surface area contributed by atoms with Gasteiger partial charge in [-0.1, -0.05) is 6.07 Å². The Balaban J connectivity index is 1.49. The molecule has 0 atom stereocenters. The summed E-state index contributed by atoms with van der Waals surface area (Å²) in [6, 6.07) is 12.8. The first-order valence-electron chi connectivity index (χ1n) is 10.6. The van der Waals surface area contributed by atoms with Gasteiger partial charge in [-0.15, -0.1) is 0 Å². The maximum atomic E-state index is 14.6. The number of aliphatic imine (C=N–C) groups is 1. The number of ether oxygens (including phenoxy) is 3. The van der Waals surface area contributed by atoms with Gasteiger partial charge in [0.1, 0.15) is 23.9 Å². The van der Waals surface area contributed by atoms with Crippen LogP contribution in [0.4, 0.5) is 10.1 Å². The van der Waals surface area contributed by atoms with Crippen LogP contribution in [0.15, 0.2) is 47.5 Å². The number of nitrogens with one attached hydrogen (secondary N) is 2. The van der Waals surface area contributed by atoms with Gasteiger partial charge >= 0.3 is 0 Å². The minimum atomic E-state index is -0.222. The van der Waals surface area contributed by atoms with Crippen LogP contribution in [-0.2, 0) is 11.3 Å². The predicted molar refractivity (Wildman–Crippen MR) is 121 cm³/mol. The molecule has 1 saturated heterocycles. The van der Waals surface area contributed by atoms with Crippen molar-refractivity contribution >= 4 is 11.6 Å². The minimum absolute atomic E-state index is 0.222. The van der Waals surface area contributed by atoms with Crippen molar-refractivity contribution in [2.75, 3.05) is 58.0 Å². The molecule has 168 valence electrons. The van der Waals surface area contributed by atoms with Crippen LogP contribution in [0.25, 0.3) is 0 Å². The van der Waals surface area contributed by atoms with Gasteiger partial charge in [-0.3, -0.25) is 0 Å². The molecule has 2 N–H and O–H groups in total. The van der Waals surface area contributed by atoms with E-state index in [1.807, 2.05) is 48.2 Å². The number of anilines is 1. The smallest absolute Gasteiger partial charge is 0.191 e. The zero-order valence-corrected chi connectivity index (χ0v) is 18.2. The Hall–Kier alpha value is -3.00. The average molecular weight is 431 g/mol. The first kappa shape index (κ1) is 22.7. The molecule has 2 aromatic carbocycles. The second-order valence-electron chi connectivity index (χ2n) is 7.03. The van der Waals surface area contributed by atoms with Crippen LogP contribution in [-0.4, -0.2) is 59.1 Å². The molecule has 31 heavy (non-hydrogen) atoms. The molecule has 8 heteroatoms. The van der Waals surface area contributed by atoms with Crippen LogP contribution in [0.1, 0.15) is 12.5 Å². The SMILES string of the molecule is CCNC(=NCc1ccc(N2CCOCC2)c(F)c1)NCCOc1ccc(OC)cc1. The van der Waals surface area contributed by atoms with Gasteiger partial charge in [-0.25, -0.2) is 9.38 Å². The first-order valence-corrected chi connectivity index (χ1v) is 10.6. The Labute approximate surface area is 183 Å². The third-order valence-corrected chi connectivity index (χ3v) is 4.85. The molecule has 0 aliphatic carbocycles. The molecule has 1 heterocycles. The summed E-state index contributed by atoms with van der Waals surface area (Å²) in [5.41, 5.74) is 1.44. The molecule has 1 aliphatic rings. The van der Waals surface area contributed by atoms with Crippen molar-refractivity contribution in [2.45, 2.75) is 13.5 Å². The van der Waals surface area contributed by atoms with Crippen LogP contribution >= 0.6 is 0 Å². The van der Waals surface area contributed by atoms with Gasteiger partial charge in [-0.2, -0.15) is 0 Å². The van der Waals surface area contributed by atoms with E-state index in [0.717, 1.165) is 23.6 Å². The van der Waals surface area contributed by atoms with Crippen LogP contribution in [0.5, 0.6) is 11.5 Å². The Morgan fingerprint density at radius 3 is 2.52 bits per heavy atom. The molecule has 1 aliphatic heterocycles. The summed E-state index contributed by atoms with van der Waals surface area (Å²) in [7, 11) is 1.63. The summed E-state index contributed by atoms with van der Waals surface area (Å²) in [6.45, 7) is 6.87. The van der Waals surface area contributed by atoms with Crippen LogP contribution < -0.4 is 25.0 Å². The summed E-state index contributed by atoms with van der Waals surface area (Å²) in [6.07, 6.45) is 0. The number of guanidine groups is 1. The number of methoxy groups -OCH3 is 1. The summed E-state index contributed by atoms with van der Waals surface area (Å²) in [4.78, 5) is 6.57. The van der Waals surface area contributed by atoms with Crippen molar-refractivity contribution < 1.29 is 18.6 Å². The number of rotatable bonds is 9. The van der Waals surface area contributed by atoms with Crippen molar-refractivity contribution in [3.63, 3.8) is 0 Å². The third kappa shape index (κ3) is 7.03.